The van der Waals surface area contributed by atoms with E-state index in [0.29, 0.717) is 22.7 Å². The predicted molar refractivity (Wildman–Crippen MR) is 92.1 cm³/mol. The molecule has 8 heteroatoms. The van der Waals surface area contributed by atoms with Crippen molar-refractivity contribution in [2.24, 2.45) is 5.73 Å². The molecule has 0 aliphatic heterocycles. The Hall–Kier alpha value is -3.68. The van der Waals surface area contributed by atoms with Crippen LogP contribution >= 0.6 is 0 Å². The molecular formula is C17H15N5O3. The monoisotopic (exact) mass is 337 g/mol. The number of carbonyl (C=O) groups excluding carboxylic acids is 1. The lowest BCUT2D eigenvalue weighted by molar-refractivity contribution is 0.259. The largest absolute Gasteiger partial charge is 0.507 e. The first-order valence-corrected chi connectivity index (χ1v) is 7.32. The zero-order valence-corrected chi connectivity index (χ0v) is 13.3. The van der Waals surface area contributed by atoms with Crippen molar-refractivity contribution in [1.29, 1.82) is 0 Å². The second-order valence-electron chi connectivity index (χ2n) is 5.04. The van der Waals surface area contributed by atoms with E-state index < -0.39 is 6.03 Å². The molecule has 8 nitrogen and oxygen atoms in total. The number of para-hydroxylation sites is 1. The van der Waals surface area contributed by atoms with E-state index in [4.69, 9.17) is 10.5 Å². The van der Waals surface area contributed by atoms with Gasteiger partial charge in [-0.2, -0.15) is 9.97 Å². The van der Waals surface area contributed by atoms with E-state index in [1.807, 2.05) is 0 Å². The van der Waals surface area contributed by atoms with Gasteiger partial charge in [-0.3, -0.25) is 5.32 Å². The van der Waals surface area contributed by atoms with Crippen LogP contribution in [-0.4, -0.2) is 33.2 Å². The van der Waals surface area contributed by atoms with Gasteiger partial charge < -0.3 is 15.6 Å². The predicted octanol–water partition coefficient (Wildman–Crippen LogP) is 2.41. The van der Waals surface area contributed by atoms with E-state index in [2.05, 4.69) is 20.3 Å². The van der Waals surface area contributed by atoms with Gasteiger partial charge in [-0.05, 0) is 36.4 Å². The lowest BCUT2D eigenvalue weighted by Gasteiger charge is -2.09. The maximum absolute atomic E-state index is 11.2. The van der Waals surface area contributed by atoms with E-state index in [1.54, 1.807) is 49.6 Å². The molecule has 0 bridgehead atoms. The van der Waals surface area contributed by atoms with Crippen molar-refractivity contribution in [3.8, 4) is 34.3 Å². The van der Waals surface area contributed by atoms with Crippen LogP contribution in [0.4, 0.5) is 10.7 Å². The van der Waals surface area contributed by atoms with Crippen LogP contribution in [0.1, 0.15) is 0 Å². The number of carbonyl (C=O) groups is 1. The maximum Gasteiger partial charge on any atom is 0.319 e. The Balaban J connectivity index is 2.12. The SMILES string of the molecule is COc1ccc(-c2nc(NC(N)=O)nc(-c3ccccc3O)n2)cc1. The molecule has 3 aromatic rings. The first kappa shape index (κ1) is 16.2. The number of rotatable bonds is 4. The summed E-state index contributed by atoms with van der Waals surface area (Å²) in [7, 11) is 1.57. The molecule has 0 atom stereocenters. The average molecular weight is 337 g/mol. The molecule has 0 aliphatic carbocycles. The quantitative estimate of drug-likeness (QED) is 0.672. The lowest BCUT2D eigenvalue weighted by atomic mass is 10.1. The van der Waals surface area contributed by atoms with E-state index in [1.165, 1.54) is 6.07 Å². The Morgan fingerprint density at radius 2 is 1.72 bits per heavy atom. The number of aromatic nitrogens is 3. The van der Waals surface area contributed by atoms with Gasteiger partial charge in [0.2, 0.25) is 5.95 Å². The highest BCUT2D eigenvalue weighted by Gasteiger charge is 2.14. The molecule has 0 spiro atoms. The minimum absolute atomic E-state index is 0.00780. The molecule has 1 heterocycles. The Morgan fingerprint density at radius 1 is 1.04 bits per heavy atom. The van der Waals surface area contributed by atoms with Crippen LogP contribution in [0.5, 0.6) is 11.5 Å². The number of phenolic OH excluding ortho intramolecular Hbond substituents is 1. The summed E-state index contributed by atoms with van der Waals surface area (Å²) in [5, 5.41) is 12.4. The highest BCUT2D eigenvalue weighted by molar-refractivity contribution is 5.86. The van der Waals surface area contributed by atoms with Crippen LogP contribution in [0.25, 0.3) is 22.8 Å². The van der Waals surface area contributed by atoms with Crippen LogP contribution in [0, 0.1) is 0 Å². The zero-order valence-electron chi connectivity index (χ0n) is 13.3. The lowest BCUT2D eigenvalue weighted by Crippen LogP contribution is -2.21. The van der Waals surface area contributed by atoms with Crippen LogP contribution in [-0.2, 0) is 0 Å². The molecule has 25 heavy (non-hydrogen) atoms. The first-order valence-electron chi connectivity index (χ1n) is 7.32. The maximum atomic E-state index is 11.2. The fraction of sp³-hybridized carbons (Fsp3) is 0.0588. The van der Waals surface area contributed by atoms with Gasteiger partial charge in [0.15, 0.2) is 11.6 Å². The number of aromatic hydroxyl groups is 1. The summed E-state index contributed by atoms with van der Waals surface area (Å²) in [5.41, 5.74) is 6.25. The molecular weight excluding hydrogens is 322 g/mol. The van der Waals surface area contributed by atoms with E-state index in [0.717, 1.165) is 0 Å². The third-order valence-corrected chi connectivity index (χ3v) is 3.36. The van der Waals surface area contributed by atoms with E-state index in [9.17, 15) is 9.90 Å². The number of primary amides is 1. The Morgan fingerprint density at radius 3 is 2.36 bits per heavy atom. The number of phenols is 1. The van der Waals surface area contributed by atoms with Crippen molar-refractivity contribution in [3.63, 3.8) is 0 Å². The summed E-state index contributed by atoms with van der Waals surface area (Å²) in [6.45, 7) is 0. The van der Waals surface area contributed by atoms with Gasteiger partial charge in [0, 0.05) is 5.56 Å². The summed E-state index contributed by atoms with van der Waals surface area (Å²) in [5.74, 6) is 1.22. The summed E-state index contributed by atoms with van der Waals surface area (Å²) in [4.78, 5) is 23.9. The van der Waals surface area contributed by atoms with E-state index >= 15 is 0 Å². The molecule has 4 N–H and O–H groups in total. The smallest absolute Gasteiger partial charge is 0.319 e. The van der Waals surface area contributed by atoms with Gasteiger partial charge in [0.25, 0.3) is 0 Å². The van der Waals surface area contributed by atoms with Gasteiger partial charge in [0.05, 0.1) is 12.7 Å². The van der Waals surface area contributed by atoms with Crippen molar-refractivity contribution >= 4 is 12.0 Å². The Kier molecular flexibility index (Phi) is 4.42. The number of hydrogen-bond acceptors (Lipinski definition) is 6. The number of hydrogen-bond donors (Lipinski definition) is 3. The van der Waals surface area contributed by atoms with Gasteiger partial charge in [-0.25, -0.2) is 9.78 Å². The first-order chi connectivity index (χ1) is 12.1. The molecule has 0 saturated heterocycles. The topological polar surface area (TPSA) is 123 Å². The number of amides is 2. The standard InChI is InChI=1S/C17H15N5O3/c1-25-11-8-6-10(7-9-11)14-19-15(12-4-2-3-5-13(12)23)21-17(20-14)22-16(18)24/h2-9,23H,1H3,(H3,18,19,20,21,22,24). The van der Waals surface area contributed by atoms with Crippen LogP contribution in [0.15, 0.2) is 48.5 Å². The Bertz CT molecular complexity index is 912. The minimum Gasteiger partial charge on any atom is -0.507 e. The molecule has 2 aromatic carbocycles. The molecule has 3 rings (SSSR count). The Labute approximate surface area is 143 Å². The third kappa shape index (κ3) is 3.63. The van der Waals surface area contributed by atoms with Gasteiger partial charge in [-0.15, -0.1) is 0 Å². The van der Waals surface area contributed by atoms with Crippen molar-refractivity contribution in [3.05, 3.63) is 48.5 Å². The number of anilines is 1. The van der Waals surface area contributed by atoms with Gasteiger partial charge in [-0.1, -0.05) is 12.1 Å². The van der Waals surface area contributed by atoms with Gasteiger partial charge in [0.1, 0.15) is 11.5 Å². The van der Waals surface area contributed by atoms with Crippen molar-refractivity contribution < 1.29 is 14.6 Å². The molecule has 0 aliphatic rings. The molecule has 0 fully saturated rings. The second-order valence-corrected chi connectivity index (χ2v) is 5.04. The van der Waals surface area contributed by atoms with E-state index in [-0.39, 0.29) is 17.5 Å². The van der Waals surface area contributed by atoms with Crippen molar-refractivity contribution in [2.45, 2.75) is 0 Å². The number of nitrogens with two attached hydrogens (primary N) is 1. The number of urea groups is 1. The average Bonchev–Trinajstić information content (AvgIpc) is 2.61. The summed E-state index contributed by atoms with van der Waals surface area (Å²) >= 11 is 0. The van der Waals surface area contributed by atoms with Crippen molar-refractivity contribution in [2.75, 3.05) is 12.4 Å². The van der Waals surface area contributed by atoms with Crippen molar-refractivity contribution in [1.82, 2.24) is 15.0 Å². The number of ether oxygens (including phenoxy) is 1. The number of methoxy groups -OCH3 is 1. The minimum atomic E-state index is -0.796. The molecule has 0 radical (unpaired) electrons. The second kappa shape index (κ2) is 6.83. The number of nitrogens with zero attached hydrogens (tertiary/aromatic N) is 3. The third-order valence-electron chi connectivity index (χ3n) is 3.36. The normalized spacial score (nSPS) is 10.3. The number of nitrogens with one attached hydrogen (secondary N) is 1. The molecule has 2 amide bonds. The molecule has 0 unspecified atom stereocenters. The highest BCUT2D eigenvalue weighted by atomic mass is 16.5. The van der Waals surface area contributed by atoms with Crippen LogP contribution in [0.2, 0.25) is 0 Å². The highest BCUT2D eigenvalue weighted by Crippen LogP contribution is 2.28. The molecule has 0 saturated carbocycles. The van der Waals surface area contributed by atoms with Crippen LogP contribution < -0.4 is 15.8 Å². The number of benzene rings is 2. The summed E-state index contributed by atoms with van der Waals surface area (Å²) < 4.78 is 5.13. The van der Waals surface area contributed by atoms with Gasteiger partial charge >= 0.3 is 6.03 Å². The molecule has 126 valence electrons. The zero-order chi connectivity index (χ0) is 17.8. The molecule has 1 aromatic heterocycles. The summed E-state index contributed by atoms with van der Waals surface area (Å²) in [6.07, 6.45) is 0. The fourth-order valence-corrected chi connectivity index (χ4v) is 2.19. The summed E-state index contributed by atoms with van der Waals surface area (Å²) in [6, 6.07) is 12.9. The van der Waals surface area contributed by atoms with Crippen LogP contribution in [0.3, 0.4) is 0 Å². The fourth-order valence-electron chi connectivity index (χ4n) is 2.19.